The van der Waals surface area contributed by atoms with Crippen LogP contribution in [0.1, 0.15) is 21.5 Å². The molecule has 1 amide bonds. The lowest BCUT2D eigenvalue weighted by molar-refractivity contribution is 0.102. The van der Waals surface area contributed by atoms with Gasteiger partial charge in [0.2, 0.25) is 0 Å². The highest BCUT2D eigenvalue weighted by molar-refractivity contribution is 14.1. The molecule has 5 heteroatoms. The Morgan fingerprint density at radius 2 is 1.80 bits per heavy atom. The Morgan fingerprint density at radius 1 is 1.20 bits per heavy atom. The maximum Gasteiger partial charge on any atom is 0.255 e. The Morgan fingerprint density at radius 3 is 2.35 bits per heavy atom. The summed E-state index contributed by atoms with van der Waals surface area (Å²) in [5.74, 6) is -0.181. The molecule has 104 valence electrons. The molecular formula is C15H14ClIN2O. The molecule has 0 aliphatic carbocycles. The molecular weight excluding hydrogens is 387 g/mol. The second-order valence-corrected chi connectivity index (χ2v) is 6.18. The number of nitrogens with two attached hydrogens (primary N) is 1. The third kappa shape index (κ3) is 3.24. The second kappa shape index (κ2) is 6.01. The van der Waals surface area contributed by atoms with Crippen LogP contribution in [0, 0.1) is 17.4 Å². The normalized spacial score (nSPS) is 10.4. The molecule has 2 aromatic rings. The number of aryl methyl sites for hydroxylation is 2. The van der Waals surface area contributed by atoms with E-state index in [2.05, 4.69) is 27.9 Å². The van der Waals surface area contributed by atoms with Crippen molar-refractivity contribution in [1.82, 2.24) is 0 Å². The molecule has 0 aliphatic heterocycles. The van der Waals surface area contributed by atoms with Gasteiger partial charge in [-0.3, -0.25) is 4.79 Å². The third-order valence-corrected chi connectivity index (χ3v) is 4.55. The first-order valence-corrected chi connectivity index (χ1v) is 7.47. The minimum atomic E-state index is -0.181. The summed E-state index contributed by atoms with van der Waals surface area (Å²) in [6, 6.07) is 8.92. The van der Waals surface area contributed by atoms with Crippen molar-refractivity contribution in [3.63, 3.8) is 0 Å². The number of hydrogen-bond acceptors (Lipinski definition) is 2. The van der Waals surface area contributed by atoms with Gasteiger partial charge in [-0.2, -0.15) is 0 Å². The topological polar surface area (TPSA) is 55.1 Å². The van der Waals surface area contributed by atoms with E-state index in [1.165, 1.54) is 0 Å². The van der Waals surface area contributed by atoms with E-state index in [1.54, 1.807) is 12.1 Å². The van der Waals surface area contributed by atoms with Gasteiger partial charge in [-0.05, 0) is 77.9 Å². The van der Waals surface area contributed by atoms with Gasteiger partial charge in [0.15, 0.2) is 0 Å². The zero-order valence-corrected chi connectivity index (χ0v) is 14.0. The maximum atomic E-state index is 12.3. The van der Waals surface area contributed by atoms with Crippen molar-refractivity contribution in [3.05, 3.63) is 55.6 Å². The standard InChI is InChI=1S/C15H14ClIN2O/c1-8-5-11(18)6-9(2)14(8)19-15(20)10-3-4-13(17)12(16)7-10/h3-7H,18H2,1-2H3,(H,19,20). The van der Waals surface area contributed by atoms with Crippen LogP contribution < -0.4 is 11.1 Å². The number of hydrogen-bond donors (Lipinski definition) is 2. The number of carbonyl (C=O) groups excluding carboxylic acids is 1. The van der Waals surface area contributed by atoms with Gasteiger partial charge in [0.25, 0.3) is 5.91 Å². The third-order valence-electron chi connectivity index (χ3n) is 2.98. The zero-order valence-electron chi connectivity index (χ0n) is 11.1. The average Bonchev–Trinajstić information content (AvgIpc) is 2.36. The van der Waals surface area contributed by atoms with Crippen molar-refractivity contribution >= 4 is 51.5 Å². The summed E-state index contributed by atoms with van der Waals surface area (Å²) < 4.78 is 0.917. The molecule has 3 nitrogen and oxygen atoms in total. The van der Waals surface area contributed by atoms with Crippen LogP contribution in [0.5, 0.6) is 0 Å². The Bertz CT molecular complexity index is 663. The maximum absolute atomic E-state index is 12.3. The highest BCUT2D eigenvalue weighted by Gasteiger charge is 2.11. The van der Waals surface area contributed by atoms with Crippen LogP contribution in [-0.4, -0.2) is 5.91 Å². The highest BCUT2D eigenvalue weighted by Crippen LogP contribution is 2.25. The van der Waals surface area contributed by atoms with Gasteiger partial charge < -0.3 is 11.1 Å². The van der Waals surface area contributed by atoms with Crippen molar-refractivity contribution in [2.75, 3.05) is 11.1 Å². The molecule has 0 atom stereocenters. The van der Waals surface area contributed by atoms with Gasteiger partial charge in [0, 0.05) is 20.5 Å². The minimum Gasteiger partial charge on any atom is -0.399 e. The summed E-state index contributed by atoms with van der Waals surface area (Å²) in [5.41, 5.74) is 9.66. The number of anilines is 2. The number of nitrogen functional groups attached to an aromatic ring is 1. The Kier molecular flexibility index (Phi) is 4.55. The van der Waals surface area contributed by atoms with Gasteiger partial charge >= 0.3 is 0 Å². The lowest BCUT2D eigenvalue weighted by Gasteiger charge is -2.13. The number of halogens is 2. The average molecular weight is 401 g/mol. The van der Waals surface area contributed by atoms with Crippen LogP contribution in [-0.2, 0) is 0 Å². The SMILES string of the molecule is Cc1cc(N)cc(C)c1NC(=O)c1ccc(I)c(Cl)c1. The Labute approximate surface area is 136 Å². The van der Waals surface area contributed by atoms with Gasteiger partial charge in [-0.1, -0.05) is 11.6 Å². The monoisotopic (exact) mass is 400 g/mol. The summed E-state index contributed by atoms with van der Waals surface area (Å²) >= 11 is 8.16. The summed E-state index contributed by atoms with van der Waals surface area (Å²) in [6.45, 7) is 3.83. The minimum absolute atomic E-state index is 0.181. The number of carbonyl (C=O) groups is 1. The van der Waals surface area contributed by atoms with E-state index in [4.69, 9.17) is 17.3 Å². The molecule has 0 fully saturated rings. The fourth-order valence-corrected chi connectivity index (χ4v) is 2.53. The summed E-state index contributed by atoms with van der Waals surface area (Å²) in [5, 5.41) is 3.49. The Balaban J connectivity index is 2.30. The van der Waals surface area contributed by atoms with Crippen molar-refractivity contribution in [1.29, 1.82) is 0 Å². The smallest absolute Gasteiger partial charge is 0.255 e. The van der Waals surface area contributed by atoms with Crippen molar-refractivity contribution in [2.45, 2.75) is 13.8 Å². The number of amides is 1. The van der Waals surface area contributed by atoms with Crippen LogP contribution in [0.15, 0.2) is 30.3 Å². The fourth-order valence-electron chi connectivity index (χ4n) is 2.02. The molecule has 2 rings (SSSR count). The van der Waals surface area contributed by atoms with Crippen LogP contribution in [0.3, 0.4) is 0 Å². The Hall–Kier alpha value is -1.27. The zero-order chi connectivity index (χ0) is 14.9. The molecule has 2 aromatic carbocycles. The molecule has 0 radical (unpaired) electrons. The van der Waals surface area contributed by atoms with Gasteiger partial charge in [0.1, 0.15) is 0 Å². The molecule has 0 aromatic heterocycles. The van der Waals surface area contributed by atoms with E-state index in [-0.39, 0.29) is 5.91 Å². The highest BCUT2D eigenvalue weighted by atomic mass is 127. The van der Waals surface area contributed by atoms with E-state index >= 15 is 0 Å². The quantitative estimate of drug-likeness (QED) is 0.580. The van der Waals surface area contributed by atoms with E-state index < -0.39 is 0 Å². The lowest BCUT2D eigenvalue weighted by atomic mass is 10.1. The molecule has 20 heavy (non-hydrogen) atoms. The van der Waals surface area contributed by atoms with Gasteiger partial charge in [-0.15, -0.1) is 0 Å². The van der Waals surface area contributed by atoms with E-state index in [1.807, 2.05) is 32.0 Å². The van der Waals surface area contributed by atoms with E-state index in [9.17, 15) is 4.79 Å². The van der Waals surface area contributed by atoms with E-state index in [0.29, 0.717) is 16.3 Å². The predicted molar refractivity (Wildman–Crippen MR) is 92.5 cm³/mol. The summed E-state index contributed by atoms with van der Waals surface area (Å²) in [7, 11) is 0. The van der Waals surface area contributed by atoms with Crippen LogP contribution in [0.4, 0.5) is 11.4 Å². The fraction of sp³-hybridized carbons (Fsp3) is 0.133. The van der Waals surface area contributed by atoms with Crippen LogP contribution in [0.2, 0.25) is 5.02 Å². The molecule has 3 N–H and O–H groups in total. The van der Waals surface area contributed by atoms with Crippen LogP contribution in [0.25, 0.3) is 0 Å². The van der Waals surface area contributed by atoms with Gasteiger partial charge in [0.05, 0.1) is 5.02 Å². The van der Waals surface area contributed by atoms with E-state index in [0.717, 1.165) is 20.4 Å². The second-order valence-electron chi connectivity index (χ2n) is 4.61. The van der Waals surface area contributed by atoms with Crippen molar-refractivity contribution < 1.29 is 4.79 Å². The van der Waals surface area contributed by atoms with Gasteiger partial charge in [-0.25, -0.2) is 0 Å². The predicted octanol–water partition coefficient (Wildman–Crippen LogP) is 4.40. The molecule has 0 saturated heterocycles. The first-order chi connectivity index (χ1) is 9.38. The largest absolute Gasteiger partial charge is 0.399 e. The number of nitrogens with one attached hydrogen (secondary N) is 1. The van der Waals surface area contributed by atoms with Crippen LogP contribution >= 0.6 is 34.2 Å². The molecule has 0 unspecified atom stereocenters. The lowest BCUT2D eigenvalue weighted by Crippen LogP contribution is -2.14. The summed E-state index contributed by atoms with van der Waals surface area (Å²) in [6.07, 6.45) is 0. The van der Waals surface area contributed by atoms with Crippen molar-refractivity contribution in [3.8, 4) is 0 Å². The number of benzene rings is 2. The molecule has 0 aliphatic rings. The first-order valence-electron chi connectivity index (χ1n) is 6.01. The summed E-state index contributed by atoms with van der Waals surface area (Å²) in [4.78, 5) is 12.3. The van der Waals surface area contributed by atoms with Crippen molar-refractivity contribution in [2.24, 2.45) is 0 Å². The molecule has 0 bridgehead atoms. The molecule has 0 heterocycles. The molecule has 0 spiro atoms. The molecule has 0 saturated carbocycles. The number of rotatable bonds is 2. The first kappa shape index (κ1) is 15.1.